The van der Waals surface area contributed by atoms with Crippen LogP contribution in [0.4, 0.5) is 0 Å². The van der Waals surface area contributed by atoms with E-state index in [4.69, 9.17) is 9.72 Å². The van der Waals surface area contributed by atoms with Gasteiger partial charge in [-0.15, -0.1) is 0 Å². The van der Waals surface area contributed by atoms with Crippen molar-refractivity contribution >= 4 is 20.9 Å². The Morgan fingerprint density at radius 2 is 1.87 bits per heavy atom. The van der Waals surface area contributed by atoms with Gasteiger partial charge < -0.3 is 14.4 Å². The molecular weight excluding hydrogens is 414 g/mol. The zero-order chi connectivity index (χ0) is 22.8. The van der Waals surface area contributed by atoms with E-state index in [1.165, 1.54) is 12.1 Å². The summed E-state index contributed by atoms with van der Waals surface area (Å²) in [4.78, 5) is 8.73. The fourth-order valence-electron chi connectivity index (χ4n) is 3.67. The molecule has 2 aromatic heterocycles. The van der Waals surface area contributed by atoms with E-state index in [0.717, 1.165) is 36.9 Å². The summed E-state index contributed by atoms with van der Waals surface area (Å²) in [6.45, 7) is 10.0. The van der Waals surface area contributed by atoms with Crippen molar-refractivity contribution in [1.29, 1.82) is 0 Å². The van der Waals surface area contributed by atoms with E-state index >= 15 is 0 Å². The van der Waals surface area contributed by atoms with E-state index < -0.39 is 9.84 Å². The molecule has 0 fully saturated rings. The van der Waals surface area contributed by atoms with Gasteiger partial charge in [-0.1, -0.05) is 34.1 Å². The van der Waals surface area contributed by atoms with E-state index in [9.17, 15) is 13.5 Å². The number of hydrogen-bond donors (Lipinski definition) is 1. The minimum absolute atomic E-state index is 0.0331. The molecular formula is C23H31N3O4S. The number of aromatic hydroxyl groups is 1. The summed E-state index contributed by atoms with van der Waals surface area (Å²) in [5, 5.41) is 9.36. The monoisotopic (exact) mass is 445 g/mol. The van der Waals surface area contributed by atoms with Crippen LogP contribution in [-0.4, -0.2) is 41.8 Å². The molecule has 0 aliphatic heterocycles. The van der Waals surface area contributed by atoms with Crippen LogP contribution in [0.15, 0.2) is 46.3 Å². The molecule has 3 aromatic rings. The summed E-state index contributed by atoms with van der Waals surface area (Å²) in [6, 6.07) is 7.69. The number of nitrogens with zero attached hydrogens (tertiary/aromatic N) is 3. The Morgan fingerprint density at radius 1 is 1.16 bits per heavy atom. The van der Waals surface area contributed by atoms with Gasteiger partial charge in [0.2, 0.25) is 15.7 Å². The van der Waals surface area contributed by atoms with Crippen LogP contribution in [0.1, 0.15) is 46.4 Å². The fourth-order valence-corrected chi connectivity index (χ4v) is 4.89. The summed E-state index contributed by atoms with van der Waals surface area (Å²) in [5.41, 5.74) is 1.38. The van der Waals surface area contributed by atoms with Crippen molar-refractivity contribution in [2.75, 3.05) is 13.7 Å². The second-order valence-corrected chi connectivity index (χ2v) is 10.8. The number of sulfone groups is 1. The lowest BCUT2D eigenvalue weighted by molar-refractivity contribution is 0.171. The Bertz CT molecular complexity index is 1150. The minimum Gasteiger partial charge on any atom is -0.493 e. The van der Waals surface area contributed by atoms with Crippen LogP contribution in [0.2, 0.25) is 0 Å². The summed E-state index contributed by atoms with van der Waals surface area (Å²) in [6.07, 6.45) is 3.14. The van der Waals surface area contributed by atoms with Crippen molar-refractivity contribution in [2.45, 2.75) is 62.3 Å². The molecule has 0 aliphatic carbocycles. The number of pyridine rings is 1. The Labute approximate surface area is 184 Å². The van der Waals surface area contributed by atoms with Crippen molar-refractivity contribution in [1.82, 2.24) is 14.5 Å². The third-order valence-electron chi connectivity index (χ3n) is 5.48. The molecule has 1 aromatic carbocycles. The zero-order valence-corrected chi connectivity index (χ0v) is 19.6. The van der Waals surface area contributed by atoms with Gasteiger partial charge in [0.15, 0.2) is 0 Å². The molecule has 2 heterocycles. The van der Waals surface area contributed by atoms with Gasteiger partial charge in [-0.2, -0.15) is 0 Å². The average molecular weight is 446 g/mol. The number of imidazole rings is 1. The first-order valence-electron chi connectivity index (χ1n) is 10.5. The van der Waals surface area contributed by atoms with E-state index in [1.807, 2.05) is 6.07 Å². The lowest BCUT2D eigenvalue weighted by Gasteiger charge is -2.23. The molecule has 1 atom stereocenters. The van der Waals surface area contributed by atoms with Crippen LogP contribution >= 0.6 is 0 Å². The topological polar surface area (TPSA) is 94.3 Å². The molecule has 168 valence electrons. The number of hydrogen-bond acceptors (Lipinski definition) is 6. The molecule has 0 radical (unpaired) electrons. The maximum atomic E-state index is 13.0. The van der Waals surface area contributed by atoms with Crippen molar-refractivity contribution in [2.24, 2.45) is 5.92 Å². The summed E-state index contributed by atoms with van der Waals surface area (Å²) < 4.78 is 33.6. The normalized spacial score (nSPS) is 13.6. The first-order chi connectivity index (χ1) is 14.6. The Balaban J connectivity index is 2.08. The number of benzene rings is 1. The van der Waals surface area contributed by atoms with Gasteiger partial charge in [-0.3, -0.25) is 0 Å². The second kappa shape index (κ2) is 8.96. The van der Waals surface area contributed by atoms with Crippen LogP contribution in [0.25, 0.3) is 11.0 Å². The molecule has 0 spiro atoms. The summed E-state index contributed by atoms with van der Waals surface area (Å²) >= 11 is 0. The molecule has 1 unspecified atom stereocenters. The molecule has 0 bridgehead atoms. The van der Waals surface area contributed by atoms with E-state index in [1.54, 1.807) is 19.2 Å². The predicted octanol–water partition coefficient (Wildman–Crippen LogP) is 4.33. The van der Waals surface area contributed by atoms with Gasteiger partial charge in [-0.05, 0) is 36.6 Å². The SMILES string of the molecule is CCC(CCOC)Cn1c(C(C)(C)C)nc2cc(S(=O)(=O)c3ccc(O)nc3)ccc21. The highest BCUT2D eigenvalue weighted by molar-refractivity contribution is 7.91. The minimum atomic E-state index is -3.77. The first-order valence-corrected chi connectivity index (χ1v) is 12.0. The Morgan fingerprint density at radius 3 is 2.45 bits per heavy atom. The standard InChI is InChI=1S/C23H31N3O4S/c1-6-16(11-12-30-5)15-26-20-9-7-17(13-19(20)25-22(26)23(2,3)4)31(28,29)18-8-10-21(27)24-14-18/h7-10,13-14,16H,6,11-12,15H2,1-5H3,(H,24,27). The second-order valence-electron chi connectivity index (χ2n) is 8.86. The molecule has 0 saturated heterocycles. The molecule has 7 nitrogen and oxygen atoms in total. The third-order valence-corrected chi connectivity index (χ3v) is 7.22. The number of ether oxygens (including phenoxy) is 1. The Hall–Kier alpha value is -2.45. The lowest BCUT2D eigenvalue weighted by Crippen LogP contribution is -2.22. The number of fused-ring (bicyclic) bond motifs is 1. The largest absolute Gasteiger partial charge is 0.493 e. The van der Waals surface area contributed by atoms with Crippen LogP contribution in [0, 0.1) is 5.92 Å². The highest BCUT2D eigenvalue weighted by Crippen LogP contribution is 2.31. The maximum absolute atomic E-state index is 13.0. The average Bonchev–Trinajstić information content (AvgIpc) is 3.09. The van der Waals surface area contributed by atoms with Gasteiger partial charge in [0, 0.05) is 37.9 Å². The van der Waals surface area contributed by atoms with Gasteiger partial charge in [0.05, 0.1) is 20.8 Å². The highest BCUT2D eigenvalue weighted by Gasteiger charge is 2.26. The lowest BCUT2D eigenvalue weighted by atomic mass is 9.95. The number of methoxy groups -OCH3 is 1. The number of aromatic nitrogens is 3. The van der Waals surface area contributed by atoms with E-state index in [0.29, 0.717) is 18.0 Å². The molecule has 8 heteroatoms. The molecule has 3 rings (SSSR count). The van der Waals surface area contributed by atoms with Crippen LogP contribution in [-0.2, 0) is 26.5 Å². The molecule has 0 saturated carbocycles. The van der Waals surface area contributed by atoms with E-state index in [2.05, 4.69) is 37.2 Å². The van der Waals surface area contributed by atoms with Crippen molar-refractivity contribution in [3.63, 3.8) is 0 Å². The quantitative estimate of drug-likeness (QED) is 0.555. The summed E-state index contributed by atoms with van der Waals surface area (Å²) in [7, 11) is -2.05. The zero-order valence-electron chi connectivity index (χ0n) is 18.8. The predicted molar refractivity (Wildman–Crippen MR) is 120 cm³/mol. The van der Waals surface area contributed by atoms with Gasteiger partial charge >= 0.3 is 0 Å². The Kier molecular flexibility index (Phi) is 6.71. The van der Waals surface area contributed by atoms with Crippen molar-refractivity contribution < 1.29 is 18.3 Å². The van der Waals surface area contributed by atoms with Crippen LogP contribution < -0.4 is 0 Å². The van der Waals surface area contributed by atoms with Crippen molar-refractivity contribution in [3.8, 4) is 5.88 Å². The summed E-state index contributed by atoms with van der Waals surface area (Å²) in [5.74, 6) is 1.14. The molecule has 0 amide bonds. The van der Waals surface area contributed by atoms with Crippen LogP contribution in [0.5, 0.6) is 5.88 Å². The molecule has 31 heavy (non-hydrogen) atoms. The molecule has 0 aliphatic rings. The highest BCUT2D eigenvalue weighted by atomic mass is 32.2. The third kappa shape index (κ3) is 4.91. The number of rotatable bonds is 8. The first kappa shape index (κ1) is 23.2. The van der Waals surface area contributed by atoms with Gasteiger partial charge in [0.25, 0.3) is 0 Å². The smallest absolute Gasteiger partial charge is 0.210 e. The van der Waals surface area contributed by atoms with Gasteiger partial charge in [0.1, 0.15) is 5.82 Å². The van der Waals surface area contributed by atoms with Crippen LogP contribution in [0.3, 0.4) is 0 Å². The maximum Gasteiger partial charge on any atom is 0.210 e. The van der Waals surface area contributed by atoms with E-state index in [-0.39, 0.29) is 21.1 Å². The fraction of sp³-hybridized carbons (Fsp3) is 0.478. The van der Waals surface area contributed by atoms with Crippen molar-refractivity contribution in [3.05, 3.63) is 42.4 Å². The molecule has 1 N–H and O–H groups in total. The van der Waals surface area contributed by atoms with Gasteiger partial charge in [-0.25, -0.2) is 18.4 Å².